The third-order valence-corrected chi connectivity index (χ3v) is 3.77. The minimum Gasteiger partial charge on any atom is -0.313 e. The Morgan fingerprint density at radius 3 is 2.43 bits per heavy atom. The molecule has 0 aliphatic carbocycles. The first kappa shape index (κ1) is 12.0. The van der Waals surface area contributed by atoms with Crippen LogP contribution in [0.3, 0.4) is 0 Å². The van der Waals surface area contributed by atoms with Crippen LogP contribution in [0, 0.1) is 17.3 Å². The Morgan fingerprint density at radius 1 is 1.29 bits per heavy atom. The maximum atomic E-state index is 3.74. The summed E-state index contributed by atoms with van der Waals surface area (Å²) in [5, 5.41) is 3.74. The molecule has 1 saturated heterocycles. The lowest BCUT2D eigenvalue weighted by molar-refractivity contribution is 0.117. The number of piperidine rings is 1. The smallest absolute Gasteiger partial charge is 0.0144 e. The Bertz CT molecular complexity index is 174. The minimum absolute atomic E-state index is 0.467. The molecule has 84 valence electrons. The highest BCUT2D eigenvalue weighted by Crippen LogP contribution is 2.35. The molecule has 0 spiro atoms. The summed E-state index contributed by atoms with van der Waals surface area (Å²) in [5.74, 6) is 1.69. The molecule has 1 heterocycles. The van der Waals surface area contributed by atoms with Crippen molar-refractivity contribution < 1.29 is 0 Å². The Hall–Kier alpha value is -0.0400. The summed E-state index contributed by atoms with van der Waals surface area (Å²) >= 11 is 0. The lowest BCUT2D eigenvalue weighted by atomic mass is 9.71. The molecule has 0 amide bonds. The van der Waals surface area contributed by atoms with Crippen LogP contribution in [0.5, 0.6) is 0 Å². The van der Waals surface area contributed by atoms with Crippen molar-refractivity contribution in [3.8, 4) is 0 Å². The fourth-order valence-corrected chi connectivity index (χ4v) is 3.23. The number of nitrogens with one attached hydrogen (secondary N) is 1. The van der Waals surface area contributed by atoms with Gasteiger partial charge in [-0.05, 0) is 36.6 Å². The van der Waals surface area contributed by atoms with E-state index in [0.29, 0.717) is 5.41 Å². The zero-order valence-corrected chi connectivity index (χ0v) is 10.6. The van der Waals surface area contributed by atoms with E-state index in [9.17, 15) is 0 Å². The van der Waals surface area contributed by atoms with E-state index in [1.165, 1.54) is 25.8 Å². The van der Waals surface area contributed by atoms with Crippen molar-refractivity contribution in [1.29, 1.82) is 0 Å². The van der Waals surface area contributed by atoms with Gasteiger partial charge in [0.1, 0.15) is 0 Å². The molecule has 1 N–H and O–H groups in total. The molecule has 1 aliphatic heterocycles. The van der Waals surface area contributed by atoms with Crippen LogP contribution >= 0.6 is 0 Å². The number of rotatable bonds is 3. The second-order valence-electron chi connectivity index (χ2n) is 5.94. The first-order chi connectivity index (χ1) is 6.47. The van der Waals surface area contributed by atoms with Gasteiger partial charge in [-0.25, -0.2) is 0 Å². The van der Waals surface area contributed by atoms with E-state index in [4.69, 9.17) is 0 Å². The Balaban J connectivity index is 2.58. The van der Waals surface area contributed by atoms with Crippen molar-refractivity contribution in [3.63, 3.8) is 0 Å². The number of hydrogen-bond donors (Lipinski definition) is 1. The molecule has 1 rings (SSSR count). The largest absolute Gasteiger partial charge is 0.313 e. The van der Waals surface area contributed by atoms with E-state index in [-0.39, 0.29) is 0 Å². The molecule has 0 aromatic carbocycles. The highest BCUT2D eigenvalue weighted by atomic mass is 15.0. The third-order valence-electron chi connectivity index (χ3n) is 3.77. The van der Waals surface area contributed by atoms with Crippen LogP contribution in [0.2, 0.25) is 0 Å². The fourth-order valence-electron chi connectivity index (χ4n) is 3.23. The van der Waals surface area contributed by atoms with Gasteiger partial charge < -0.3 is 5.32 Å². The summed E-state index contributed by atoms with van der Waals surface area (Å²) in [4.78, 5) is 0. The molecule has 1 heteroatoms. The summed E-state index contributed by atoms with van der Waals surface area (Å²) < 4.78 is 0. The maximum Gasteiger partial charge on any atom is 0.0144 e. The van der Waals surface area contributed by atoms with Crippen LogP contribution < -0.4 is 5.32 Å². The minimum atomic E-state index is 0.467. The zero-order valence-electron chi connectivity index (χ0n) is 10.6. The molecule has 0 saturated carbocycles. The van der Waals surface area contributed by atoms with E-state index >= 15 is 0 Å². The molecule has 0 radical (unpaired) electrons. The summed E-state index contributed by atoms with van der Waals surface area (Å²) in [6.07, 6.45) is 4.03. The zero-order chi connectivity index (χ0) is 10.8. The standard InChI is InChI=1S/C13H27N/c1-6-7-13(4,5)12-11(3)8-10(2)9-14-12/h10-12,14H,6-9H2,1-5H3. The molecular weight excluding hydrogens is 170 g/mol. The lowest BCUT2D eigenvalue weighted by Gasteiger charge is -2.43. The third kappa shape index (κ3) is 2.73. The van der Waals surface area contributed by atoms with Crippen molar-refractivity contribution in [3.05, 3.63) is 0 Å². The van der Waals surface area contributed by atoms with Gasteiger partial charge in [0, 0.05) is 6.04 Å². The molecular formula is C13H27N. The molecule has 3 unspecified atom stereocenters. The molecule has 1 nitrogen and oxygen atoms in total. The molecule has 1 aliphatic rings. The average molecular weight is 197 g/mol. The maximum absolute atomic E-state index is 3.74. The van der Waals surface area contributed by atoms with Crippen LogP contribution in [-0.2, 0) is 0 Å². The van der Waals surface area contributed by atoms with E-state index in [0.717, 1.165) is 17.9 Å². The first-order valence-corrected chi connectivity index (χ1v) is 6.20. The SMILES string of the molecule is CCCC(C)(C)C1NCC(C)CC1C. The van der Waals surface area contributed by atoms with Gasteiger partial charge in [0.05, 0.1) is 0 Å². The van der Waals surface area contributed by atoms with Crippen molar-refractivity contribution in [1.82, 2.24) is 5.32 Å². The fraction of sp³-hybridized carbons (Fsp3) is 1.00. The van der Waals surface area contributed by atoms with E-state index in [1.54, 1.807) is 0 Å². The van der Waals surface area contributed by atoms with E-state index < -0.39 is 0 Å². The molecule has 0 aromatic rings. The van der Waals surface area contributed by atoms with Gasteiger partial charge in [0.2, 0.25) is 0 Å². The second-order valence-corrected chi connectivity index (χ2v) is 5.94. The molecule has 3 atom stereocenters. The van der Waals surface area contributed by atoms with Gasteiger partial charge in [-0.2, -0.15) is 0 Å². The van der Waals surface area contributed by atoms with Crippen LogP contribution in [0.25, 0.3) is 0 Å². The van der Waals surface area contributed by atoms with Crippen LogP contribution in [0.15, 0.2) is 0 Å². The van der Waals surface area contributed by atoms with Gasteiger partial charge in [-0.15, -0.1) is 0 Å². The Kier molecular flexibility index (Phi) is 4.00. The monoisotopic (exact) mass is 197 g/mol. The van der Waals surface area contributed by atoms with Crippen molar-refractivity contribution in [2.45, 2.75) is 59.9 Å². The highest BCUT2D eigenvalue weighted by molar-refractivity contribution is 4.91. The van der Waals surface area contributed by atoms with Crippen LogP contribution in [0.4, 0.5) is 0 Å². The van der Waals surface area contributed by atoms with E-state index in [2.05, 4.69) is 39.9 Å². The lowest BCUT2D eigenvalue weighted by Crippen LogP contribution is -2.51. The average Bonchev–Trinajstić information content (AvgIpc) is 2.02. The summed E-state index contributed by atoms with van der Waals surface area (Å²) in [6, 6.07) is 0.721. The second kappa shape index (κ2) is 4.65. The van der Waals surface area contributed by atoms with Crippen molar-refractivity contribution in [2.24, 2.45) is 17.3 Å². The summed E-state index contributed by atoms with van der Waals surface area (Å²) in [7, 11) is 0. The van der Waals surface area contributed by atoms with Crippen LogP contribution in [0.1, 0.15) is 53.9 Å². The van der Waals surface area contributed by atoms with Gasteiger partial charge >= 0.3 is 0 Å². The summed E-state index contributed by atoms with van der Waals surface area (Å²) in [6.45, 7) is 13.1. The van der Waals surface area contributed by atoms with Gasteiger partial charge in [0.25, 0.3) is 0 Å². The van der Waals surface area contributed by atoms with E-state index in [1.807, 2.05) is 0 Å². The predicted octanol–water partition coefficient (Wildman–Crippen LogP) is 3.45. The van der Waals surface area contributed by atoms with Gasteiger partial charge in [0.15, 0.2) is 0 Å². The number of hydrogen-bond acceptors (Lipinski definition) is 1. The topological polar surface area (TPSA) is 12.0 Å². The van der Waals surface area contributed by atoms with Crippen LogP contribution in [-0.4, -0.2) is 12.6 Å². The summed E-state index contributed by atoms with van der Waals surface area (Å²) in [5.41, 5.74) is 0.467. The Morgan fingerprint density at radius 2 is 1.93 bits per heavy atom. The first-order valence-electron chi connectivity index (χ1n) is 6.20. The predicted molar refractivity (Wildman–Crippen MR) is 63.4 cm³/mol. The molecule has 0 aromatic heterocycles. The van der Waals surface area contributed by atoms with Gasteiger partial charge in [-0.3, -0.25) is 0 Å². The quantitative estimate of drug-likeness (QED) is 0.731. The Labute approximate surface area is 89.7 Å². The van der Waals surface area contributed by atoms with Gasteiger partial charge in [-0.1, -0.05) is 41.0 Å². The molecule has 0 bridgehead atoms. The normalized spacial score (nSPS) is 34.5. The molecule has 14 heavy (non-hydrogen) atoms. The van der Waals surface area contributed by atoms with Crippen molar-refractivity contribution in [2.75, 3.05) is 6.54 Å². The van der Waals surface area contributed by atoms with Crippen molar-refractivity contribution >= 4 is 0 Å². The highest BCUT2D eigenvalue weighted by Gasteiger charge is 2.35. The molecule has 1 fully saturated rings.